The van der Waals surface area contributed by atoms with Crippen molar-refractivity contribution in [1.29, 1.82) is 0 Å². The van der Waals surface area contributed by atoms with Gasteiger partial charge in [0.15, 0.2) is 5.78 Å². The summed E-state index contributed by atoms with van der Waals surface area (Å²) in [5.41, 5.74) is 9.38. The number of ketones is 1. The lowest BCUT2D eigenvalue weighted by Gasteiger charge is -2.07. The molecule has 1 heterocycles. The maximum Gasteiger partial charge on any atom is 0.166 e. The van der Waals surface area contributed by atoms with Gasteiger partial charge >= 0.3 is 0 Å². The molecule has 102 valence electrons. The molecule has 0 bridgehead atoms. The van der Waals surface area contributed by atoms with Crippen LogP contribution < -0.4 is 10.5 Å². The molecule has 0 unspecified atom stereocenters. The fourth-order valence-electron chi connectivity index (χ4n) is 2.51. The van der Waals surface area contributed by atoms with Gasteiger partial charge in [-0.3, -0.25) is 4.79 Å². The number of nitrogen functional groups attached to an aromatic ring is 1. The molecule has 1 aliphatic rings. The monoisotopic (exact) mass is 267 g/mol. The maximum absolute atomic E-state index is 12.3. The number of rotatable bonds is 4. The van der Waals surface area contributed by atoms with Crippen molar-refractivity contribution in [2.75, 3.05) is 12.3 Å². The smallest absolute Gasteiger partial charge is 0.166 e. The van der Waals surface area contributed by atoms with Crippen LogP contribution in [0.4, 0.5) is 5.69 Å². The third kappa shape index (κ3) is 2.52. The molecule has 2 aromatic carbocycles. The molecule has 0 aliphatic carbocycles. The lowest BCUT2D eigenvalue weighted by Crippen LogP contribution is -2.03. The van der Waals surface area contributed by atoms with Crippen LogP contribution in [-0.2, 0) is 12.8 Å². The minimum absolute atomic E-state index is 0.139. The summed E-state index contributed by atoms with van der Waals surface area (Å²) in [6.07, 6.45) is 2.11. The number of anilines is 1. The Morgan fingerprint density at radius 1 is 1.15 bits per heavy atom. The molecular weight excluding hydrogens is 250 g/mol. The second-order valence-electron chi connectivity index (χ2n) is 5.06. The van der Waals surface area contributed by atoms with Gasteiger partial charge in [-0.25, -0.2) is 0 Å². The molecule has 3 rings (SSSR count). The predicted molar refractivity (Wildman–Crippen MR) is 79.1 cm³/mol. The van der Waals surface area contributed by atoms with E-state index >= 15 is 0 Å². The Morgan fingerprint density at radius 3 is 2.75 bits per heavy atom. The van der Waals surface area contributed by atoms with E-state index in [4.69, 9.17) is 10.5 Å². The van der Waals surface area contributed by atoms with Crippen molar-refractivity contribution in [2.45, 2.75) is 19.3 Å². The van der Waals surface area contributed by atoms with Crippen molar-refractivity contribution < 1.29 is 9.53 Å². The van der Waals surface area contributed by atoms with Crippen LogP contribution in [0, 0.1) is 0 Å². The van der Waals surface area contributed by atoms with Crippen molar-refractivity contribution in [3.05, 3.63) is 59.2 Å². The number of hydrogen-bond acceptors (Lipinski definition) is 3. The number of ether oxygens (including phenoxy) is 1. The number of benzene rings is 2. The number of carbonyl (C=O) groups is 1. The third-order valence-electron chi connectivity index (χ3n) is 3.64. The van der Waals surface area contributed by atoms with Crippen molar-refractivity contribution in [1.82, 2.24) is 0 Å². The molecule has 2 aromatic rings. The van der Waals surface area contributed by atoms with Gasteiger partial charge in [0, 0.05) is 18.5 Å². The van der Waals surface area contributed by atoms with Gasteiger partial charge < -0.3 is 10.5 Å². The summed E-state index contributed by atoms with van der Waals surface area (Å²) in [6, 6.07) is 13.5. The Kier molecular flexibility index (Phi) is 3.42. The average molecular weight is 267 g/mol. The highest BCUT2D eigenvalue weighted by atomic mass is 16.5. The van der Waals surface area contributed by atoms with E-state index in [0.717, 1.165) is 41.0 Å². The molecule has 0 aromatic heterocycles. The van der Waals surface area contributed by atoms with Gasteiger partial charge in [-0.05, 0) is 35.7 Å². The van der Waals surface area contributed by atoms with Gasteiger partial charge in [-0.1, -0.05) is 24.3 Å². The van der Waals surface area contributed by atoms with Gasteiger partial charge in [-0.15, -0.1) is 0 Å². The van der Waals surface area contributed by atoms with Crippen LogP contribution >= 0.6 is 0 Å². The Hall–Kier alpha value is -2.29. The highest BCUT2D eigenvalue weighted by molar-refractivity contribution is 5.99. The zero-order chi connectivity index (χ0) is 13.9. The number of carbonyl (C=O) groups excluding carboxylic acids is 1. The molecule has 0 saturated carbocycles. The SMILES string of the molecule is Nc1ccc(CCC(=O)c2cccc3c2OCC3)cc1. The highest BCUT2D eigenvalue weighted by Gasteiger charge is 2.19. The Balaban J connectivity index is 1.71. The first-order valence-corrected chi connectivity index (χ1v) is 6.86. The molecule has 20 heavy (non-hydrogen) atoms. The summed E-state index contributed by atoms with van der Waals surface area (Å²) in [5, 5.41) is 0. The van der Waals surface area contributed by atoms with Crippen LogP contribution in [0.5, 0.6) is 5.75 Å². The molecule has 0 atom stereocenters. The largest absolute Gasteiger partial charge is 0.492 e. The molecule has 2 N–H and O–H groups in total. The minimum atomic E-state index is 0.139. The molecule has 3 heteroatoms. The first-order chi connectivity index (χ1) is 9.74. The summed E-state index contributed by atoms with van der Waals surface area (Å²) in [5.74, 6) is 0.926. The second kappa shape index (κ2) is 5.37. The number of nitrogens with two attached hydrogens (primary N) is 1. The van der Waals surface area contributed by atoms with E-state index in [2.05, 4.69) is 0 Å². The van der Waals surface area contributed by atoms with Crippen LogP contribution in [0.25, 0.3) is 0 Å². The van der Waals surface area contributed by atoms with Gasteiger partial charge in [0.2, 0.25) is 0 Å². The predicted octanol–water partition coefficient (Wildman–Crippen LogP) is 3.02. The minimum Gasteiger partial charge on any atom is -0.492 e. The van der Waals surface area contributed by atoms with Crippen LogP contribution in [-0.4, -0.2) is 12.4 Å². The lowest BCUT2D eigenvalue weighted by atomic mass is 10.00. The van der Waals surface area contributed by atoms with Crippen LogP contribution in [0.1, 0.15) is 27.9 Å². The van der Waals surface area contributed by atoms with Crippen LogP contribution in [0.15, 0.2) is 42.5 Å². The van der Waals surface area contributed by atoms with E-state index in [0.29, 0.717) is 13.0 Å². The summed E-state index contributed by atoms with van der Waals surface area (Å²) >= 11 is 0. The second-order valence-corrected chi connectivity index (χ2v) is 5.06. The van der Waals surface area contributed by atoms with Crippen molar-refractivity contribution in [3.8, 4) is 5.75 Å². The molecule has 0 spiro atoms. The van der Waals surface area contributed by atoms with E-state index in [1.807, 2.05) is 42.5 Å². The molecular formula is C17H17NO2. The first-order valence-electron chi connectivity index (χ1n) is 6.86. The standard InChI is InChI=1S/C17H17NO2/c18-14-7-4-12(5-8-14)6-9-16(19)15-3-1-2-13-10-11-20-17(13)15/h1-5,7-8H,6,9-11,18H2. The third-order valence-corrected chi connectivity index (χ3v) is 3.64. The number of hydrogen-bond donors (Lipinski definition) is 1. The van der Waals surface area contributed by atoms with Crippen LogP contribution in [0.2, 0.25) is 0 Å². The average Bonchev–Trinajstić information content (AvgIpc) is 2.94. The van der Waals surface area contributed by atoms with E-state index in [1.165, 1.54) is 0 Å². The number of fused-ring (bicyclic) bond motifs is 1. The van der Waals surface area contributed by atoms with Crippen molar-refractivity contribution in [3.63, 3.8) is 0 Å². The number of aryl methyl sites for hydroxylation is 1. The summed E-state index contributed by atoms with van der Waals surface area (Å²) in [6.45, 7) is 0.678. The van der Waals surface area contributed by atoms with E-state index in [9.17, 15) is 4.79 Å². The Labute approximate surface area is 118 Å². The quantitative estimate of drug-likeness (QED) is 0.684. The number of Topliss-reactive ketones (excluding diaryl/α,β-unsaturated/α-hetero) is 1. The molecule has 0 saturated heterocycles. The van der Waals surface area contributed by atoms with E-state index in [-0.39, 0.29) is 5.78 Å². The highest BCUT2D eigenvalue weighted by Crippen LogP contribution is 2.30. The van der Waals surface area contributed by atoms with E-state index < -0.39 is 0 Å². The zero-order valence-electron chi connectivity index (χ0n) is 11.3. The lowest BCUT2D eigenvalue weighted by molar-refractivity contribution is 0.0980. The molecule has 0 radical (unpaired) electrons. The van der Waals surface area contributed by atoms with Crippen molar-refractivity contribution in [2.24, 2.45) is 0 Å². The molecule has 0 fully saturated rings. The van der Waals surface area contributed by atoms with Gasteiger partial charge in [0.1, 0.15) is 5.75 Å². The number of para-hydroxylation sites is 1. The molecule has 1 aliphatic heterocycles. The molecule has 0 amide bonds. The van der Waals surface area contributed by atoms with Gasteiger partial charge in [-0.2, -0.15) is 0 Å². The van der Waals surface area contributed by atoms with Crippen LogP contribution in [0.3, 0.4) is 0 Å². The summed E-state index contributed by atoms with van der Waals surface area (Å²) in [7, 11) is 0. The summed E-state index contributed by atoms with van der Waals surface area (Å²) < 4.78 is 5.58. The molecule has 3 nitrogen and oxygen atoms in total. The Bertz CT molecular complexity index is 632. The summed E-state index contributed by atoms with van der Waals surface area (Å²) in [4.78, 5) is 12.3. The van der Waals surface area contributed by atoms with E-state index in [1.54, 1.807) is 0 Å². The Morgan fingerprint density at radius 2 is 1.95 bits per heavy atom. The maximum atomic E-state index is 12.3. The van der Waals surface area contributed by atoms with Gasteiger partial charge in [0.25, 0.3) is 0 Å². The first kappa shape index (κ1) is 12.7. The van der Waals surface area contributed by atoms with Crippen molar-refractivity contribution >= 4 is 11.5 Å². The zero-order valence-corrected chi connectivity index (χ0v) is 11.3. The fraction of sp³-hybridized carbons (Fsp3) is 0.235. The fourth-order valence-corrected chi connectivity index (χ4v) is 2.51. The normalized spacial score (nSPS) is 12.8. The van der Waals surface area contributed by atoms with Gasteiger partial charge in [0.05, 0.1) is 12.2 Å². The topological polar surface area (TPSA) is 52.3 Å².